The first-order valence-electron chi connectivity index (χ1n) is 12.4. The number of likely N-dealkylation sites (tertiary alicyclic amines) is 1. The number of aliphatic hydroxyl groups is 1. The number of pyridine rings is 1. The molecular formula is C27H35N7O3. The molecule has 3 aromatic rings. The van der Waals surface area contributed by atoms with Crippen LogP contribution in [-0.4, -0.2) is 70.1 Å². The third-order valence-corrected chi connectivity index (χ3v) is 6.92. The number of aromatic nitrogens is 3. The molecule has 3 amide bonds. The average Bonchev–Trinajstić information content (AvgIpc) is 3.34. The smallest absolute Gasteiger partial charge is 0.320 e. The summed E-state index contributed by atoms with van der Waals surface area (Å²) in [7, 11) is 7.25. The minimum absolute atomic E-state index is 0.241. The number of urea groups is 1. The first-order chi connectivity index (χ1) is 17.7. The summed E-state index contributed by atoms with van der Waals surface area (Å²) in [4.78, 5) is 36.2. The SMILES string of the molecule is CCC(NC(=O)N1C(O)[C@H](Cc2ccnc(N(C)C)c2)[C@H]1C(=O)N(C)c1cnn(C)c1)c1ccccc1. The van der Waals surface area contributed by atoms with E-state index in [9.17, 15) is 14.7 Å². The first-order valence-corrected chi connectivity index (χ1v) is 12.4. The molecule has 4 rings (SSSR count). The number of hydrogen-bond acceptors (Lipinski definition) is 6. The fourth-order valence-electron chi connectivity index (χ4n) is 4.75. The lowest BCUT2D eigenvalue weighted by Crippen LogP contribution is -2.72. The predicted molar refractivity (Wildman–Crippen MR) is 142 cm³/mol. The second kappa shape index (κ2) is 11.0. The predicted octanol–water partition coefficient (Wildman–Crippen LogP) is 2.57. The lowest BCUT2D eigenvalue weighted by atomic mass is 9.80. The number of carbonyl (C=O) groups is 2. The van der Waals surface area contributed by atoms with E-state index < -0.39 is 24.2 Å². The zero-order valence-corrected chi connectivity index (χ0v) is 21.9. The molecule has 3 heterocycles. The monoisotopic (exact) mass is 505 g/mol. The zero-order chi connectivity index (χ0) is 26.7. The third kappa shape index (κ3) is 5.43. The van der Waals surface area contributed by atoms with Crippen molar-refractivity contribution >= 4 is 23.4 Å². The van der Waals surface area contributed by atoms with Crippen LogP contribution in [0.15, 0.2) is 61.1 Å². The summed E-state index contributed by atoms with van der Waals surface area (Å²) in [5.74, 6) is 0.0181. The number of aryl methyl sites for hydroxylation is 1. The Bertz CT molecular complexity index is 1230. The summed E-state index contributed by atoms with van der Waals surface area (Å²) < 4.78 is 1.61. The Morgan fingerprint density at radius 2 is 1.89 bits per heavy atom. The van der Waals surface area contributed by atoms with Gasteiger partial charge in [0.25, 0.3) is 0 Å². The van der Waals surface area contributed by atoms with Crippen LogP contribution in [0.4, 0.5) is 16.3 Å². The second-order valence-electron chi connectivity index (χ2n) is 9.64. The molecule has 37 heavy (non-hydrogen) atoms. The molecule has 0 aliphatic carbocycles. The van der Waals surface area contributed by atoms with Gasteiger partial charge in [-0.3, -0.25) is 14.4 Å². The van der Waals surface area contributed by atoms with E-state index in [0.717, 1.165) is 16.9 Å². The van der Waals surface area contributed by atoms with Crippen molar-refractivity contribution < 1.29 is 14.7 Å². The van der Waals surface area contributed by atoms with Gasteiger partial charge >= 0.3 is 6.03 Å². The molecule has 196 valence electrons. The molecule has 2 N–H and O–H groups in total. The van der Waals surface area contributed by atoms with Gasteiger partial charge in [-0.2, -0.15) is 5.10 Å². The van der Waals surface area contributed by atoms with E-state index >= 15 is 0 Å². The molecule has 2 unspecified atom stereocenters. The van der Waals surface area contributed by atoms with E-state index in [2.05, 4.69) is 15.4 Å². The molecule has 1 aliphatic heterocycles. The Balaban J connectivity index is 1.60. The summed E-state index contributed by atoms with van der Waals surface area (Å²) in [6, 6.07) is 11.9. The number of nitrogens with zero attached hydrogens (tertiary/aromatic N) is 6. The third-order valence-electron chi connectivity index (χ3n) is 6.92. The summed E-state index contributed by atoms with van der Waals surface area (Å²) >= 11 is 0. The van der Waals surface area contributed by atoms with Crippen LogP contribution in [0.2, 0.25) is 0 Å². The second-order valence-corrected chi connectivity index (χ2v) is 9.64. The van der Waals surface area contributed by atoms with Gasteiger partial charge < -0.3 is 20.2 Å². The van der Waals surface area contributed by atoms with Gasteiger partial charge in [0.15, 0.2) is 0 Å². The summed E-state index contributed by atoms with van der Waals surface area (Å²) in [5.41, 5.74) is 2.51. The fraction of sp³-hybridized carbons (Fsp3) is 0.407. The number of benzene rings is 1. The van der Waals surface area contributed by atoms with Gasteiger partial charge in [0.1, 0.15) is 18.1 Å². The molecule has 0 saturated carbocycles. The minimum Gasteiger partial charge on any atom is -0.373 e. The zero-order valence-electron chi connectivity index (χ0n) is 21.9. The van der Waals surface area contributed by atoms with Crippen molar-refractivity contribution in [3.63, 3.8) is 0 Å². The normalized spacial score (nSPS) is 19.6. The van der Waals surface area contributed by atoms with Crippen molar-refractivity contribution in [2.45, 2.75) is 38.1 Å². The van der Waals surface area contributed by atoms with Gasteiger partial charge in [-0.25, -0.2) is 9.78 Å². The Hall–Kier alpha value is -3.92. The van der Waals surface area contributed by atoms with E-state index in [-0.39, 0.29) is 11.9 Å². The van der Waals surface area contributed by atoms with Crippen molar-refractivity contribution in [3.8, 4) is 0 Å². The highest BCUT2D eigenvalue weighted by atomic mass is 16.3. The molecule has 0 bridgehead atoms. The van der Waals surface area contributed by atoms with Gasteiger partial charge in [0.2, 0.25) is 5.91 Å². The summed E-state index contributed by atoms with van der Waals surface area (Å²) in [5, 5.41) is 18.3. The molecule has 2 aromatic heterocycles. The van der Waals surface area contributed by atoms with Gasteiger partial charge in [0.05, 0.1) is 17.9 Å². The first kappa shape index (κ1) is 26.2. The van der Waals surface area contributed by atoms with Crippen LogP contribution < -0.4 is 15.1 Å². The van der Waals surface area contributed by atoms with E-state index in [4.69, 9.17) is 0 Å². The molecule has 10 heteroatoms. The number of amides is 3. The molecule has 1 aliphatic rings. The minimum atomic E-state index is -1.11. The van der Waals surface area contributed by atoms with E-state index in [1.165, 1.54) is 9.80 Å². The van der Waals surface area contributed by atoms with Gasteiger partial charge in [-0.1, -0.05) is 37.3 Å². The van der Waals surface area contributed by atoms with Crippen LogP contribution in [0, 0.1) is 5.92 Å². The average molecular weight is 506 g/mol. The lowest BCUT2D eigenvalue weighted by Gasteiger charge is -2.52. The molecular weight excluding hydrogens is 470 g/mol. The molecule has 1 fully saturated rings. The van der Waals surface area contributed by atoms with Crippen LogP contribution in [0.25, 0.3) is 0 Å². The lowest BCUT2D eigenvalue weighted by molar-refractivity contribution is -0.164. The number of rotatable bonds is 8. The highest BCUT2D eigenvalue weighted by molar-refractivity contribution is 6.00. The molecule has 0 spiro atoms. The maximum absolute atomic E-state index is 13.7. The van der Waals surface area contributed by atoms with Crippen LogP contribution in [0.3, 0.4) is 0 Å². The number of hydrogen-bond donors (Lipinski definition) is 2. The van der Waals surface area contributed by atoms with Gasteiger partial charge in [-0.05, 0) is 36.1 Å². The Labute approximate surface area is 217 Å². The number of carbonyl (C=O) groups excluding carboxylic acids is 2. The van der Waals surface area contributed by atoms with Crippen LogP contribution in [0.5, 0.6) is 0 Å². The van der Waals surface area contributed by atoms with Gasteiger partial charge in [-0.15, -0.1) is 0 Å². The molecule has 4 atom stereocenters. The van der Waals surface area contributed by atoms with Crippen molar-refractivity contribution in [2.24, 2.45) is 13.0 Å². The molecule has 1 saturated heterocycles. The molecule has 1 aromatic carbocycles. The maximum Gasteiger partial charge on any atom is 0.320 e. The Morgan fingerprint density at radius 1 is 1.16 bits per heavy atom. The largest absolute Gasteiger partial charge is 0.373 e. The standard InChI is InChI=1S/C27H35N7O3/c1-6-22(19-10-8-7-9-11-19)30-27(37)34-24(26(36)33(5)20-16-29-32(4)17-20)21(25(34)35)14-18-12-13-28-23(15-18)31(2)3/h7-13,15-17,21-22,24-25,35H,6,14H2,1-5H3,(H,30,37)/t21-,22?,24+,25?/m1/s1. The number of anilines is 2. The van der Waals surface area contributed by atoms with E-state index in [1.54, 1.807) is 37.4 Å². The Kier molecular flexibility index (Phi) is 7.77. The number of aliphatic hydroxyl groups excluding tert-OH is 1. The van der Waals surface area contributed by atoms with Crippen molar-refractivity contribution in [1.29, 1.82) is 0 Å². The van der Waals surface area contributed by atoms with E-state index in [0.29, 0.717) is 18.5 Å². The van der Waals surface area contributed by atoms with Gasteiger partial charge in [0, 0.05) is 46.5 Å². The number of likely N-dealkylation sites (N-methyl/N-ethyl adjacent to an activating group) is 1. The molecule has 0 radical (unpaired) electrons. The van der Waals surface area contributed by atoms with E-state index in [1.807, 2.05) is 68.4 Å². The van der Waals surface area contributed by atoms with Crippen molar-refractivity contribution in [3.05, 3.63) is 72.2 Å². The van der Waals surface area contributed by atoms with Crippen LogP contribution >= 0.6 is 0 Å². The molecule has 10 nitrogen and oxygen atoms in total. The maximum atomic E-state index is 13.7. The van der Waals surface area contributed by atoms with Crippen LogP contribution in [0.1, 0.15) is 30.5 Å². The summed E-state index contributed by atoms with van der Waals surface area (Å²) in [6.07, 6.45) is 5.02. The highest BCUT2D eigenvalue weighted by Gasteiger charge is 2.55. The Morgan fingerprint density at radius 3 is 2.51 bits per heavy atom. The fourth-order valence-corrected chi connectivity index (χ4v) is 4.75. The van der Waals surface area contributed by atoms with Crippen molar-refractivity contribution in [2.75, 3.05) is 30.9 Å². The number of nitrogens with one attached hydrogen (secondary N) is 1. The van der Waals surface area contributed by atoms with Crippen LogP contribution in [-0.2, 0) is 18.3 Å². The quantitative estimate of drug-likeness (QED) is 0.487. The van der Waals surface area contributed by atoms with Crippen molar-refractivity contribution in [1.82, 2.24) is 25.0 Å². The summed E-state index contributed by atoms with van der Waals surface area (Å²) in [6.45, 7) is 1.98. The highest BCUT2D eigenvalue weighted by Crippen LogP contribution is 2.36. The topological polar surface area (TPSA) is 107 Å².